The molecule has 2 heterocycles. The summed E-state index contributed by atoms with van der Waals surface area (Å²) in [6.45, 7) is 0.581. The molecule has 19 heavy (non-hydrogen) atoms. The fourth-order valence-corrected chi connectivity index (χ4v) is 2.56. The second-order valence-electron chi connectivity index (χ2n) is 4.49. The molecule has 0 spiro atoms. The van der Waals surface area contributed by atoms with Crippen LogP contribution in [0.3, 0.4) is 0 Å². The SMILES string of the molecule is CN(C)C(CNC(=O)c1cccnc1)c1ccsc1. The number of carbonyl (C=O) groups is 1. The molecule has 0 aliphatic rings. The molecule has 5 heteroatoms. The topological polar surface area (TPSA) is 45.2 Å². The zero-order valence-electron chi connectivity index (χ0n) is 11.0. The van der Waals surface area contributed by atoms with Crippen molar-refractivity contribution in [2.45, 2.75) is 6.04 Å². The van der Waals surface area contributed by atoms with Gasteiger partial charge in [-0.1, -0.05) is 0 Å². The van der Waals surface area contributed by atoms with Gasteiger partial charge in [0.2, 0.25) is 0 Å². The fourth-order valence-electron chi connectivity index (χ4n) is 1.85. The molecule has 0 fully saturated rings. The maximum absolute atomic E-state index is 12.0. The summed E-state index contributed by atoms with van der Waals surface area (Å²) in [7, 11) is 4.02. The Bertz CT molecular complexity index is 511. The highest BCUT2D eigenvalue weighted by Crippen LogP contribution is 2.20. The Labute approximate surface area is 117 Å². The van der Waals surface area contributed by atoms with Crippen LogP contribution in [0.4, 0.5) is 0 Å². The van der Waals surface area contributed by atoms with Gasteiger partial charge in [0.1, 0.15) is 0 Å². The fraction of sp³-hybridized carbons (Fsp3) is 0.286. The van der Waals surface area contributed by atoms with Crippen LogP contribution in [-0.4, -0.2) is 36.4 Å². The van der Waals surface area contributed by atoms with Gasteiger partial charge in [0.05, 0.1) is 11.6 Å². The number of hydrogen-bond donors (Lipinski definition) is 1. The van der Waals surface area contributed by atoms with Crippen LogP contribution >= 0.6 is 11.3 Å². The number of nitrogens with one attached hydrogen (secondary N) is 1. The Hall–Kier alpha value is -1.72. The second kappa shape index (κ2) is 6.45. The first-order valence-corrected chi connectivity index (χ1v) is 6.99. The molecule has 4 nitrogen and oxygen atoms in total. The van der Waals surface area contributed by atoms with Crippen LogP contribution in [0.2, 0.25) is 0 Å². The lowest BCUT2D eigenvalue weighted by molar-refractivity contribution is 0.0941. The summed E-state index contributed by atoms with van der Waals surface area (Å²) < 4.78 is 0. The Kier molecular flexibility index (Phi) is 4.65. The number of thiophene rings is 1. The van der Waals surface area contributed by atoms with Gasteiger partial charge >= 0.3 is 0 Å². The number of likely N-dealkylation sites (N-methyl/N-ethyl adjacent to an activating group) is 1. The minimum absolute atomic E-state index is 0.0878. The smallest absolute Gasteiger partial charge is 0.252 e. The third kappa shape index (κ3) is 3.62. The second-order valence-corrected chi connectivity index (χ2v) is 5.27. The quantitative estimate of drug-likeness (QED) is 0.909. The lowest BCUT2D eigenvalue weighted by Crippen LogP contribution is -2.34. The van der Waals surface area contributed by atoms with E-state index in [0.29, 0.717) is 12.1 Å². The van der Waals surface area contributed by atoms with Crippen molar-refractivity contribution in [3.8, 4) is 0 Å². The van der Waals surface area contributed by atoms with Gasteiger partial charge < -0.3 is 10.2 Å². The molecule has 0 aliphatic carbocycles. The molecule has 1 unspecified atom stereocenters. The van der Waals surface area contributed by atoms with Crippen LogP contribution in [0.5, 0.6) is 0 Å². The van der Waals surface area contributed by atoms with Crippen molar-refractivity contribution in [1.82, 2.24) is 15.2 Å². The molecule has 100 valence electrons. The van der Waals surface area contributed by atoms with E-state index < -0.39 is 0 Å². The maximum atomic E-state index is 12.0. The Balaban J connectivity index is 1.98. The molecule has 0 aliphatic heterocycles. The van der Waals surface area contributed by atoms with Crippen molar-refractivity contribution < 1.29 is 4.79 Å². The van der Waals surface area contributed by atoms with Crippen LogP contribution in [0.25, 0.3) is 0 Å². The highest BCUT2D eigenvalue weighted by Gasteiger charge is 2.16. The third-order valence-corrected chi connectivity index (χ3v) is 3.63. The standard InChI is InChI=1S/C14H17N3OS/c1-17(2)13(12-5-7-19-10-12)9-16-14(18)11-4-3-6-15-8-11/h3-8,10,13H,9H2,1-2H3,(H,16,18). The largest absolute Gasteiger partial charge is 0.350 e. The number of amides is 1. The number of rotatable bonds is 5. The van der Waals surface area contributed by atoms with Gasteiger partial charge in [0, 0.05) is 18.9 Å². The maximum Gasteiger partial charge on any atom is 0.252 e. The molecule has 0 saturated heterocycles. The van der Waals surface area contributed by atoms with E-state index in [1.165, 1.54) is 5.56 Å². The van der Waals surface area contributed by atoms with E-state index in [-0.39, 0.29) is 11.9 Å². The van der Waals surface area contributed by atoms with E-state index in [0.717, 1.165) is 0 Å². The Morgan fingerprint density at radius 2 is 2.32 bits per heavy atom. The predicted molar refractivity (Wildman–Crippen MR) is 77.3 cm³/mol. The molecular weight excluding hydrogens is 258 g/mol. The number of pyridine rings is 1. The van der Waals surface area contributed by atoms with Gasteiger partial charge in [0.25, 0.3) is 5.91 Å². The Morgan fingerprint density at radius 3 is 2.89 bits per heavy atom. The van der Waals surface area contributed by atoms with Gasteiger partial charge in [-0.3, -0.25) is 9.78 Å². The van der Waals surface area contributed by atoms with Gasteiger partial charge in [-0.15, -0.1) is 0 Å². The third-order valence-electron chi connectivity index (χ3n) is 2.93. The van der Waals surface area contributed by atoms with Crippen LogP contribution in [0, 0.1) is 0 Å². The minimum Gasteiger partial charge on any atom is -0.350 e. The van der Waals surface area contributed by atoms with Crippen molar-refractivity contribution >= 4 is 17.2 Å². The van der Waals surface area contributed by atoms with Crippen LogP contribution < -0.4 is 5.32 Å². The summed E-state index contributed by atoms with van der Waals surface area (Å²) in [5, 5.41) is 7.12. The van der Waals surface area contributed by atoms with Gasteiger partial charge in [-0.05, 0) is 48.6 Å². The lowest BCUT2D eigenvalue weighted by Gasteiger charge is -2.23. The minimum atomic E-state index is -0.0878. The summed E-state index contributed by atoms with van der Waals surface area (Å²) in [5.74, 6) is -0.0878. The Morgan fingerprint density at radius 1 is 1.47 bits per heavy atom. The molecule has 0 saturated carbocycles. The van der Waals surface area contributed by atoms with Crippen molar-refractivity contribution in [1.29, 1.82) is 0 Å². The molecule has 1 atom stereocenters. The van der Waals surface area contributed by atoms with E-state index in [4.69, 9.17) is 0 Å². The van der Waals surface area contributed by atoms with E-state index in [1.807, 2.05) is 14.1 Å². The van der Waals surface area contributed by atoms with Gasteiger partial charge in [-0.25, -0.2) is 0 Å². The average molecular weight is 275 g/mol. The van der Waals surface area contributed by atoms with Crippen molar-refractivity contribution in [3.05, 3.63) is 52.5 Å². The molecule has 1 N–H and O–H groups in total. The number of aromatic nitrogens is 1. The first-order valence-electron chi connectivity index (χ1n) is 6.05. The zero-order valence-corrected chi connectivity index (χ0v) is 11.9. The van der Waals surface area contributed by atoms with E-state index >= 15 is 0 Å². The number of hydrogen-bond acceptors (Lipinski definition) is 4. The summed E-state index contributed by atoms with van der Waals surface area (Å²) in [6, 6.07) is 5.80. The van der Waals surface area contributed by atoms with Crippen molar-refractivity contribution in [2.24, 2.45) is 0 Å². The molecule has 2 aromatic rings. The highest BCUT2D eigenvalue weighted by atomic mass is 32.1. The number of nitrogens with zero attached hydrogens (tertiary/aromatic N) is 2. The molecule has 0 aromatic carbocycles. The van der Waals surface area contributed by atoms with E-state index in [9.17, 15) is 4.79 Å². The van der Waals surface area contributed by atoms with Gasteiger partial charge in [-0.2, -0.15) is 11.3 Å². The normalized spacial score (nSPS) is 12.4. The van der Waals surface area contributed by atoms with E-state index in [2.05, 4.69) is 32.0 Å². The summed E-state index contributed by atoms with van der Waals surface area (Å²) in [5.41, 5.74) is 1.81. The first-order chi connectivity index (χ1) is 9.18. The molecule has 1 amide bonds. The summed E-state index contributed by atoms with van der Waals surface area (Å²) in [4.78, 5) is 18.0. The molecule has 2 aromatic heterocycles. The molecule has 2 rings (SSSR count). The van der Waals surface area contributed by atoms with Crippen LogP contribution in [-0.2, 0) is 0 Å². The number of carbonyl (C=O) groups excluding carboxylic acids is 1. The highest BCUT2D eigenvalue weighted by molar-refractivity contribution is 7.07. The van der Waals surface area contributed by atoms with Crippen molar-refractivity contribution in [3.63, 3.8) is 0 Å². The monoisotopic (exact) mass is 275 g/mol. The molecule has 0 bridgehead atoms. The zero-order chi connectivity index (χ0) is 13.7. The summed E-state index contributed by atoms with van der Waals surface area (Å²) >= 11 is 1.67. The molecule has 0 radical (unpaired) electrons. The van der Waals surface area contributed by atoms with Crippen molar-refractivity contribution in [2.75, 3.05) is 20.6 Å². The van der Waals surface area contributed by atoms with Crippen LogP contribution in [0.1, 0.15) is 22.0 Å². The first kappa shape index (κ1) is 13.7. The van der Waals surface area contributed by atoms with E-state index in [1.54, 1.807) is 35.9 Å². The summed E-state index contributed by atoms with van der Waals surface area (Å²) in [6.07, 6.45) is 3.23. The lowest BCUT2D eigenvalue weighted by atomic mass is 10.1. The van der Waals surface area contributed by atoms with Gasteiger partial charge in [0.15, 0.2) is 0 Å². The average Bonchev–Trinajstić information content (AvgIpc) is 2.93. The van der Waals surface area contributed by atoms with Crippen LogP contribution in [0.15, 0.2) is 41.4 Å². The molecular formula is C14H17N3OS. The predicted octanol–water partition coefficient (Wildman–Crippen LogP) is 2.18.